The van der Waals surface area contributed by atoms with Gasteiger partial charge in [0.2, 0.25) is 0 Å². The Morgan fingerprint density at radius 2 is 2.50 bits per heavy atom. The molecule has 12 heavy (non-hydrogen) atoms. The van der Waals surface area contributed by atoms with Gasteiger partial charge in [-0.1, -0.05) is 0 Å². The summed E-state index contributed by atoms with van der Waals surface area (Å²) in [7, 11) is 1.61. The van der Waals surface area contributed by atoms with E-state index < -0.39 is 6.10 Å². The molecule has 1 heterocycles. The number of nitrogens with one attached hydrogen (secondary N) is 1. The second kappa shape index (κ2) is 4.39. The van der Waals surface area contributed by atoms with E-state index in [0.29, 0.717) is 6.61 Å². The third kappa shape index (κ3) is 2.17. The maximum atomic E-state index is 11.0. The van der Waals surface area contributed by atoms with E-state index in [1.165, 1.54) is 0 Å². The maximum absolute atomic E-state index is 11.0. The van der Waals surface area contributed by atoms with Gasteiger partial charge in [-0.05, 0) is 12.8 Å². The standard InChI is InChI=1S/C7H14N2O3/c1-11-4-5-2-3-6(12-5)7(10)9-8/h5-6H,2-4,8H2,1H3,(H,9,10). The molecule has 0 aromatic carbocycles. The van der Waals surface area contributed by atoms with E-state index >= 15 is 0 Å². The average Bonchev–Trinajstić information content (AvgIpc) is 2.52. The Hall–Kier alpha value is -0.650. The number of ether oxygens (including phenoxy) is 2. The predicted molar refractivity (Wildman–Crippen MR) is 42.1 cm³/mol. The fourth-order valence-corrected chi connectivity index (χ4v) is 1.30. The molecule has 0 radical (unpaired) electrons. The smallest absolute Gasteiger partial charge is 0.263 e. The lowest BCUT2D eigenvalue weighted by molar-refractivity contribution is -0.133. The van der Waals surface area contributed by atoms with E-state index in [9.17, 15) is 4.79 Å². The molecule has 0 bridgehead atoms. The lowest BCUT2D eigenvalue weighted by Crippen LogP contribution is -2.39. The summed E-state index contributed by atoms with van der Waals surface area (Å²) in [4.78, 5) is 11.0. The van der Waals surface area contributed by atoms with Gasteiger partial charge in [0.25, 0.3) is 5.91 Å². The molecular weight excluding hydrogens is 160 g/mol. The lowest BCUT2D eigenvalue weighted by atomic mass is 10.2. The van der Waals surface area contributed by atoms with Crippen molar-refractivity contribution in [3.63, 3.8) is 0 Å². The van der Waals surface area contributed by atoms with Gasteiger partial charge in [-0.25, -0.2) is 5.84 Å². The Bertz CT molecular complexity index is 163. The van der Waals surface area contributed by atoms with E-state index in [1.807, 2.05) is 0 Å². The summed E-state index contributed by atoms with van der Waals surface area (Å²) in [6.07, 6.45) is 1.22. The van der Waals surface area contributed by atoms with E-state index in [4.69, 9.17) is 15.3 Å². The third-order valence-corrected chi connectivity index (χ3v) is 1.89. The van der Waals surface area contributed by atoms with Crippen LogP contribution in [0.5, 0.6) is 0 Å². The van der Waals surface area contributed by atoms with Gasteiger partial charge in [0.15, 0.2) is 0 Å². The minimum atomic E-state index is -0.393. The molecule has 1 amide bonds. The molecule has 1 fully saturated rings. The fraction of sp³-hybridized carbons (Fsp3) is 0.857. The minimum absolute atomic E-state index is 0.0392. The molecule has 5 heteroatoms. The van der Waals surface area contributed by atoms with Gasteiger partial charge >= 0.3 is 0 Å². The summed E-state index contributed by atoms with van der Waals surface area (Å²) in [5.74, 6) is 4.70. The molecular formula is C7H14N2O3. The van der Waals surface area contributed by atoms with Gasteiger partial charge in [-0.3, -0.25) is 10.2 Å². The molecule has 3 N–H and O–H groups in total. The maximum Gasteiger partial charge on any atom is 0.263 e. The van der Waals surface area contributed by atoms with Gasteiger partial charge in [-0.15, -0.1) is 0 Å². The number of amides is 1. The van der Waals surface area contributed by atoms with Crippen LogP contribution >= 0.6 is 0 Å². The summed E-state index contributed by atoms with van der Waals surface area (Å²) in [5, 5.41) is 0. The van der Waals surface area contributed by atoms with E-state index in [0.717, 1.165) is 12.8 Å². The molecule has 0 spiro atoms. The zero-order valence-electron chi connectivity index (χ0n) is 7.08. The Morgan fingerprint density at radius 1 is 1.75 bits per heavy atom. The Labute approximate surface area is 71.2 Å². The number of methoxy groups -OCH3 is 1. The number of carbonyl (C=O) groups excluding carboxylic acids is 1. The van der Waals surface area contributed by atoms with Crippen molar-refractivity contribution in [1.82, 2.24) is 5.43 Å². The monoisotopic (exact) mass is 174 g/mol. The highest BCUT2D eigenvalue weighted by Crippen LogP contribution is 2.19. The van der Waals surface area contributed by atoms with E-state index in [1.54, 1.807) is 7.11 Å². The number of hydrogen-bond acceptors (Lipinski definition) is 4. The number of carbonyl (C=O) groups is 1. The Morgan fingerprint density at radius 3 is 3.08 bits per heavy atom. The summed E-state index contributed by atoms with van der Waals surface area (Å²) in [6.45, 7) is 0.536. The van der Waals surface area contributed by atoms with Crippen LogP contribution in [0.1, 0.15) is 12.8 Å². The van der Waals surface area contributed by atoms with Crippen molar-refractivity contribution in [1.29, 1.82) is 0 Å². The van der Waals surface area contributed by atoms with Gasteiger partial charge in [-0.2, -0.15) is 0 Å². The van der Waals surface area contributed by atoms with Gasteiger partial charge in [0.1, 0.15) is 6.10 Å². The third-order valence-electron chi connectivity index (χ3n) is 1.89. The zero-order valence-corrected chi connectivity index (χ0v) is 7.08. The molecule has 1 aliphatic heterocycles. The molecule has 2 atom stereocenters. The molecule has 0 saturated carbocycles. The minimum Gasteiger partial charge on any atom is -0.382 e. The van der Waals surface area contributed by atoms with Crippen LogP contribution in [-0.4, -0.2) is 31.8 Å². The van der Waals surface area contributed by atoms with Crippen LogP contribution in [0, 0.1) is 0 Å². The first-order valence-electron chi connectivity index (χ1n) is 3.92. The molecule has 1 aliphatic rings. The number of hydrazine groups is 1. The van der Waals surface area contributed by atoms with Gasteiger partial charge < -0.3 is 9.47 Å². The van der Waals surface area contributed by atoms with Gasteiger partial charge in [0.05, 0.1) is 12.7 Å². The second-order valence-electron chi connectivity index (χ2n) is 2.79. The molecule has 2 unspecified atom stereocenters. The van der Waals surface area contributed by atoms with Crippen molar-refractivity contribution < 1.29 is 14.3 Å². The van der Waals surface area contributed by atoms with Crippen molar-refractivity contribution in [2.24, 2.45) is 5.84 Å². The van der Waals surface area contributed by atoms with Crippen molar-refractivity contribution in [2.45, 2.75) is 25.0 Å². The fourth-order valence-electron chi connectivity index (χ4n) is 1.30. The summed E-state index contributed by atoms with van der Waals surface area (Å²) < 4.78 is 10.2. The molecule has 0 aromatic rings. The summed E-state index contributed by atoms with van der Waals surface area (Å²) in [5.41, 5.74) is 2.06. The van der Waals surface area contributed by atoms with Crippen LogP contribution in [0.4, 0.5) is 0 Å². The summed E-state index contributed by atoms with van der Waals surface area (Å²) in [6, 6.07) is 0. The highest BCUT2D eigenvalue weighted by atomic mass is 16.5. The van der Waals surface area contributed by atoms with E-state index in [-0.39, 0.29) is 12.0 Å². The topological polar surface area (TPSA) is 73.6 Å². The largest absolute Gasteiger partial charge is 0.382 e. The number of hydrogen-bond donors (Lipinski definition) is 2. The SMILES string of the molecule is COCC1CCC(C(=O)NN)O1. The first-order chi connectivity index (χ1) is 5.77. The zero-order chi connectivity index (χ0) is 8.97. The van der Waals surface area contributed by atoms with Crippen LogP contribution in [0.2, 0.25) is 0 Å². The van der Waals surface area contributed by atoms with Crippen molar-refractivity contribution in [2.75, 3.05) is 13.7 Å². The second-order valence-corrected chi connectivity index (χ2v) is 2.79. The molecule has 0 aliphatic carbocycles. The van der Waals surface area contributed by atoms with Crippen molar-refractivity contribution in [3.05, 3.63) is 0 Å². The van der Waals surface area contributed by atoms with Crippen LogP contribution < -0.4 is 11.3 Å². The van der Waals surface area contributed by atoms with Crippen LogP contribution in [0.25, 0.3) is 0 Å². The molecule has 1 saturated heterocycles. The quantitative estimate of drug-likeness (QED) is 0.333. The highest BCUT2D eigenvalue weighted by molar-refractivity contribution is 5.80. The Balaban J connectivity index is 2.30. The van der Waals surface area contributed by atoms with Crippen LogP contribution in [0.3, 0.4) is 0 Å². The average molecular weight is 174 g/mol. The first kappa shape index (κ1) is 9.44. The van der Waals surface area contributed by atoms with Crippen molar-refractivity contribution >= 4 is 5.91 Å². The number of nitrogens with two attached hydrogens (primary N) is 1. The molecule has 0 aromatic heterocycles. The predicted octanol–water partition coefficient (Wildman–Crippen LogP) is -0.830. The molecule has 70 valence electrons. The van der Waals surface area contributed by atoms with Crippen LogP contribution in [-0.2, 0) is 14.3 Å². The highest BCUT2D eigenvalue weighted by Gasteiger charge is 2.29. The summed E-state index contributed by atoms with van der Waals surface area (Å²) >= 11 is 0. The lowest BCUT2D eigenvalue weighted by Gasteiger charge is -2.10. The van der Waals surface area contributed by atoms with Crippen molar-refractivity contribution in [3.8, 4) is 0 Å². The van der Waals surface area contributed by atoms with E-state index in [2.05, 4.69) is 5.43 Å². The number of rotatable bonds is 3. The van der Waals surface area contributed by atoms with Crippen LogP contribution in [0.15, 0.2) is 0 Å². The molecule has 5 nitrogen and oxygen atoms in total. The Kier molecular flexibility index (Phi) is 3.46. The molecule has 1 rings (SSSR count). The normalized spacial score (nSPS) is 28.8. The first-order valence-corrected chi connectivity index (χ1v) is 3.92. The van der Waals surface area contributed by atoms with Gasteiger partial charge in [0, 0.05) is 7.11 Å².